The van der Waals surface area contributed by atoms with Crippen molar-refractivity contribution < 1.29 is 21.6 Å². The Hall–Kier alpha value is -3.70. The van der Waals surface area contributed by atoms with Crippen molar-refractivity contribution in [3.05, 3.63) is 89.9 Å². The fraction of sp³-hybridized carbons (Fsp3) is 0. The average Bonchev–Trinajstić information content (AvgIpc) is 2.72. The summed E-state index contributed by atoms with van der Waals surface area (Å²) in [5, 5.41) is 9.29. The molecule has 148 valence electrons. The average molecular weight is 424 g/mol. The van der Waals surface area contributed by atoms with Gasteiger partial charge in [0.05, 0.1) is 26.9 Å². The lowest BCUT2D eigenvalue weighted by atomic mass is 10.0. The molecule has 0 atom stereocenters. The van der Waals surface area contributed by atoms with E-state index < -0.39 is 27.3 Å². The number of hydrogen-bond donors (Lipinski definition) is 0. The monoisotopic (exact) mass is 424 g/mol. The normalized spacial score (nSPS) is 11.4. The summed E-state index contributed by atoms with van der Waals surface area (Å²) in [7, 11) is -4.23. The Bertz CT molecular complexity index is 1440. The summed E-state index contributed by atoms with van der Waals surface area (Å²) in [5.41, 5.74) is 0.201. The second-order valence-electron chi connectivity index (χ2n) is 6.46. The van der Waals surface area contributed by atoms with E-state index in [0.717, 1.165) is 30.5 Å². The van der Waals surface area contributed by atoms with E-state index in [0.29, 0.717) is 6.07 Å². The highest BCUT2D eigenvalue weighted by Crippen LogP contribution is 2.37. The van der Waals surface area contributed by atoms with Gasteiger partial charge in [0.1, 0.15) is 17.5 Å². The van der Waals surface area contributed by atoms with Crippen molar-refractivity contribution in [1.82, 2.24) is 4.98 Å². The molecule has 0 aliphatic rings. The topological polar surface area (TPSA) is 70.8 Å². The summed E-state index contributed by atoms with van der Waals surface area (Å²) in [5.74, 6) is -2.39. The first-order chi connectivity index (χ1) is 14.3. The number of aromatic nitrogens is 1. The molecule has 0 N–H and O–H groups in total. The summed E-state index contributed by atoms with van der Waals surface area (Å²) in [6.07, 6.45) is 1.02. The van der Waals surface area contributed by atoms with Crippen molar-refractivity contribution in [3.8, 4) is 17.2 Å². The van der Waals surface area contributed by atoms with Crippen LogP contribution in [0.1, 0.15) is 5.56 Å². The van der Waals surface area contributed by atoms with Gasteiger partial charge in [-0.2, -0.15) is 5.26 Å². The summed E-state index contributed by atoms with van der Waals surface area (Å²) in [6, 6.07) is 13.4. The third-order valence-corrected chi connectivity index (χ3v) is 6.27. The molecular formula is C22H11F3N2O2S. The fourth-order valence-electron chi connectivity index (χ4n) is 3.21. The molecule has 0 radical (unpaired) electrons. The number of nitrogens with zero attached hydrogens (tertiary/aromatic N) is 2. The van der Waals surface area contributed by atoms with E-state index >= 15 is 0 Å². The Balaban J connectivity index is 2.10. The van der Waals surface area contributed by atoms with Gasteiger partial charge in [-0.05, 0) is 48.0 Å². The predicted molar refractivity (Wildman–Crippen MR) is 104 cm³/mol. The Labute approximate surface area is 169 Å². The molecule has 4 nitrogen and oxygen atoms in total. The Morgan fingerprint density at radius 2 is 1.60 bits per heavy atom. The summed E-state index contributed by atoms with van der Waals surface area (Å²) >= 11 is 0. The lowest BCUT2D eigenvalue weighted by Gasteiger charge is -2.14. The van der Waals surface area contributed by atoms with E-state index in [4.69, 9.17) is 5.26 Å². The fourth-order valence-corrected chi connectivity index (χ4v) is 4.69. The van der Waals surface area contributed by atoms with E-state index in [1.54, 1.807) is 0 Å². The van der Waals surface area contributed by atoms with Crippen LogP contribution in [0.25, 0.3) is 22.0 Å². The maximum atomic E-state index is 13.9. The first-order valence-corrected chi connectivity index (χ1v) is 10.1. The number of halogens is 3. The van der Waals surface area contributed by atoms with Crippen LogP contribution >= 0.6 is 0 Å². The largest absolute Gasteiger partial charge is 0.255 e. The van der Waals surface area contributed by atoms with Gasteiger partial charge in [-0.1, -0.05) is 6.07 Å². The van der Waals surface area contributed by atoms with Gasteiger partial charge in [-0.15, -0.1) is 0 Å². The van der Waals surface area contributed by atoms with E-state index in [2.05, 4.69) is 4.98 Å². The summed E-state index contributed by atoms with van der Waals surface area (Å²) < 4.78 is 68.3. The van der Waals surface area contributed by atoms with Crippen LogP contribution in [0, 0.1) is 28.8 Å². The van der Waals surface area contributed by atoms with Gasteiger partial charge in [0.15, 0.2) is 0 Å². The van der Waals surface area contributed by atoms with Crippen LogP contribution in [0.15, 0.2) is 76.7 Å². The van der Waals surface area contributed by atoms with Gasteiger partial charge < -0.3 is 0 Å². The molecule has 0 unspecified atom stereocenters. The Kier molecular flexibility index (Phi) is 4.76. The summed E-state index contributed by atoms with van der Waals surface area (Å²) in [6.45, 7) is 0. The van der Waals surface area contributed by atoms with E-state index in [1.807, 2.05) is 6.07 Å². The molecular weight excluding hydrogens is 413 g/mol. The van der Waals surface area contributed by atoms with Crippen LogP contribution in [0.5, 0.6) is 0 Å². The number of rotatable bonds is 3. The van der Waals surface area contributed by atoms with E-state index in [1.165, 1.54) is 30.3 Å². The molecule has 30 heavy (non-hydrogen) atoms. The number of pyridine rings is 1. The second kappa shape index (κ2) is 7.28. The van der Waals surface area contributed by atoms with Gasteiger partial charge >= 0.3 is 0 Å². The zero-order valence-electron chi connectivity index (χ0n) is 15.1. The highest BCUT2D eigenvalue weighted by molar-refractivity contribution is 7.91. The van der Waals surface area contributed by atoms with Gasteiger partial charge in [-0.25, -0.2) is 21.6 Å². The van der Waals surface area contributed by atoms with Crippen molar-refractivity contribution in [2.45, 2.75) is 9.79 Å². The summed E-state index contributed by atoms with van der Waals surface area (Å²) in [4.78, 5) is 3.54. The van der Waals surface area contributed by atoms with Crippen molar-refractivity contribution in [3.63, 3.8) is 0 Å². The number of sulfone groups is 1. The van der Waals surface area contributed by atoms with Crippen molar-refractivity contribution in [2.75, 3.05) is 0 Å². The van der Waals surface area contributed by atoms with Crippen LogP contribution in [-0.2, 0) is 9.84 Å². The lowest BCUT2D eigenvalue weighted by Crippen LogP contribution is -2.06. The zero-order chi connectivity index (χ0) is 21.5. The molecule has 8 heteroatoms. The Morgan fingerprint density at radius 1 is 0.867 bits per heavy atom. The molecule has 1 heterocycles. The van der Waals surface area contributed by atoms with Crippen molar-refractivity contribution in [1.29, 1.82) is 5.26 Å². The number of fused-ring (bicyclic) bond motifs is 1. The maximum Gasteiger partial charge on any atom is 0.208 e. The smallest absolute Gasteiger partial charge is 0.208 e. The van der Waals surface area contributed by atoms with Gasteiger partial charge in [0.25, 0.3) is 0 Å². The van der Waals surface area contributed by atoms with E-state index in [-0.39, 0.29) is 37.4 Å². The first-order valence-electron chi connectivity index (χ1n) is 8.59. The zero-order valence-corrected chi connectivity index (χ0v) is 15.9. The third-order valence-electron chi connectivity index (χ3n) is 4.51. The molecule has 0 spiro atoms. The van der Waals surface area contributed by atoms with Crippen LogP contribution < -0.4 is 0 Å². The highest BCUT2D eigenvalue weighted by Gasteiger charge is 2.25. The standard InChI is InChI=1S/C22H11F3N2O2S/c23-15-4-5-19-20(10-15)27-12-21(22(19)14-7-16(24)9-17(25)8-14)30(28,29)18-3-1-2-13(6-18)11-26/h1-10,12H. The first kappa shape index (κ1) is 19.6. The maximum absolute atomic E-state index is 13.9. The van der Waals surface area contributed by atoms with Crippen LogP contribution in [0.2, 0.25) is 0 Å². The second-order valence-corrected chi connectivity index (χ2v) is 8.38. The van der Waals surface area contributed by atoms with Crippen LogP contribution in [0.3, 0.4) is 0 Å². The molecule has 4 aromatic rings. The minimum atomic E-state index is -4.23. The number of nitriles is 1. The molecule has 3 aromatic carbocycles. The minimum absolute atomic E-state index is 0.0132. The minimum Gasteiger partial charge on any atom is -0.255 e. The van der Waals surface area contributed by atoms with Gasteiger partial charge in [-0.3, -0.25) is 4.98 Å². The van der Waals surface area contributed by atoms with Crippen LogP contribution in [-0.4, -0.2) is 13.4 Å². The van der Waals surface area contributed by atoms with E-state index in [9.17, 15) is 21.6 Å². The molecule has 0 aliphatic heterocycles. The Morgan fingerprint density at radius 3 is 2.30 bits per heavy atom. The SMILES string of the molecule is N#Cc1cccc(S(=O)(=O)c2cnc3cc(F)ccc3c2-c2cc(F)cc(F)c2)c1. The number of hydrogen-bond acceptors (Lipinski definition) is 4. The molecule has 0 aliphatic carbocycles. The molecule has 0 saturated heterocycles. The molecule has 0 bridgehead atoms. The number of benzene rings is 3. The predicted octanol–water partition coefficient (Wildman–Crippen LogP) is 5.02. The van der Waals surface area contributed by atoms with Gasteiger partial charge in [0, 0.05) is 29.3 Å². The van der Waals surface area contributed by atoms with Crippen molar-refractivity contribution in [2.24, 2.45) is 0 Å². The molecule has 4 rings (SSSR count). The lowest BCUT2D eigenvalue weighted by molar-refractivity contribution is 0.583. The molecule has 1 aromatic heterocycles. The van der Waals surface area contributed by atoms with Crippen LogP contribution in [0.4, 0.5) is 13.2 Å². The van der Waals surface area contributed by atoms with Crippen molar-refractivity contribution >= 4 is 20.7 Å². The molecule has 0 saturated carbocycles. The molecule has 0 amide bonds. The molecule has 0 fully saturated rings. The quantitative estimate of drug-likeness (QED) is 0.463. The third kappa shape index (κ3) is 3.40. The highest BCUT2D eigenvalue weighted by atomic mass is 32.2. The van der Waals surface area contributed by atoms with Gasteiger partial charge in [0.2, 0.25) is 9.84 Å².